The van der Waals surface area contributed by atoms with Gasteiger partial charge >= 0.3 is 0 Å². The third kappa shape index (κ3) is 4.23. The summed E-state index contributed by atoms with van der Waals surface area (Å²) >= 11 is 0. The van der Waals surface area contributed by atoms with Crippen molar-refractivity contribution in [1.29, 1.82) is 0 Å². The molecule has 0 bridgehead atoms. The topological polar surface area (TPSA) is 38.9 Å². The van der Waals surface area contributed by atoms with Crippen LogP contribution >= 0.6 is 0 Å². The van der Waals surface area contributed by atoms with Gasteiger partial charge in [-0.1, -0.05) is 103 Å². The van der Waals surface area contributed by atoms with Gasteiger partial charge in [0, 0.05) is 23.9 Å². The van der Waals surface area contributed by atoms with Crippen LogP contribution in [0.5, 0.6) is 0 Å². The van der Waals surface area contributed by atoms with E-state index in [4.69, 9.17) is 9.40 Å². The number of hydrogen-bond donors (Lipinski definition) is 0. The summed E-state index contributed by atoms with van der Waals surface area (Å²) in [5.41, 5.74) is 8.65. The zero-order chi connectivity index (χ0) is 27.2. The number of allylic oxidation sites excluding steroid dienone is 4. The summed E-state index contributed by atoms with van der Waals surface area (Å²) in [5.74, 6) is 1.00. The number of pyridine rings is 1. The van der Waals surface area contributed by atoms with E-state index in [1.807, 2.05) is 12.3 Å². The maximum absolute atomic E-state index is 6.34. The minimum absolute atomic E-state index is 0.332. The molecule has 5 aromatic carbocycles. The Labute approximate surface area is 238 Å². The molecule has 1 unspecified atom stereocenters. The molecule has 0 saturated carbocycles. The van der Waals surface area contributed by atoms with Gasteiger partial charge in [0.2, 0.25) is 5.89 Å². The second-order valence-electron chi connectivity index (χ2n) is 10.6. The van der Waals surface area contributed by atoms with E-state index in [0.29, 0.717) is 11.8 Å². The first-order valence-corrected chi connectivity index (χ1v) is 14.0. The highest BCUT2D eigenvalue weighted by Gasteiger charge is 2.17. The molecule has 0 radical (unpaired) electrons. The van der Waals surface area contributed by atoms with Crippen LogP contribution in [-0.4, -0.2) is 9.97 Å². The van der Waals surface area contributed by atoms with Gasteiger partial charge in [-0.25, -0.2) is 4.98 Å². The molecule has 41 heavy (non-hydrogen) atoms. The smallest absolute Gasteiger partial charge is 0.226 e. The summed E-state index contributed by atoms with van der Waals surface area (Å²) in [6.45, 7) is 0. The molecule has 0 fully saturated rings. The highest BCUT2D eigenvalue weighted by molar-refractivity contribution is 6.14. The highest BCUT2D eigenvalue weighted by Crippen LogP contribution is 2.37. The van der Waals surface area contributed by atoms with Crippen LogP contribution in [0.25, 0.3) is 60.5 Å². The molecule has 1 aliphatic rings. The molecule has 2 aromatic heterocycles. The maximum Gasteiger partial charge on any atom is 0.226 e. The molecule has 1 atom stereocenters. The van der Waals surface area contributed by atoms with Crippen LogP contribution in [0, 0.1) is 0 Å². The largest absolute Gasteiger partial charge is 0.436 e. The lowest BCUT2D eigenvalue weighted by Gasteiger charge is -2.16. The third-order valence-corrected chi connectivity index (χ3v) is 8.15. The van der Waals surface area contributed by atoms with Gasteiger partial charge in [0.05, 0.1) is 0 Å². The number of oxazole rings is 1. The van der Waals surface area contributed by atoms with E-state index in [0.717, 1.165) is 34.2 Å². The van der Waals surface area contributed by atoms with Gasteiger partial charge in [-0.2, -0.15) is 0 Å². The first-order valence-electron chi connectivity index (χ1n) is 14.0. The summed E-state index contributed by atoms with van der Waals surface area (Å²) in [6.07, 6.45) is 11.3. The van der Waals surface area contributed by atoms with Crippen molar-refractivity contribution in [2.45, 2.75) is 12.3 Å². The van der Waals surface area contributed by atoms with Gasteiger partial charge in [-0.15, -0.1) is 0 Å². The van der Waals surface area contributed by atoms with E-state index in [1.165, 1.54) is 38.2 Å². The number of rotatable bonds is 4. The summed E-state index contributed by atoms with van der Waals surface area (Å²) in [6, 6.07) is 38.7. The van der Waals surface area contributed by atoms with Crippen LogP contribution < -0.4 is 0 Å². The molecule has 0 spiro atoms. The zero-order valence-electron chi connectivity index (χ0n) is 22.4. The minimum atomic E-state index is 0.332. The number of hydrogen-bond acceptors (Lipinski definition) is 3. The van der Waals surface area contributed by atoms with Crippen molar-refractivity contribution in [3.05, 3.63) is 151 Å². The van der Waals surface area contributed by atoms with Crippen molar-refractivity contribution in [3.63, 3.8) is 0 Å². The molecular weight excluding hydrogens is 500 g/mol. The fourth-order valence-corrected chi connectivity index (χ4v) is 5.99. The van der Waals surface area contributed by atoms with Crippen molar-refractivity contribution in [2.75, 3.05) is 0 Å². The molecule has 3 nitrogen and oxygen atoms in total. The first kappa shape index (κ1) is 23.6. The predicted octanol–water partition coefficient (Wildman–Crippen LogP) is 9.99. The van der Waals surface area contributed by atoms with Crippen LogP contribution in [-0.2, 0) is 0 Å². The minimum Gasteiger partial charge on any atom is -0.436 e. The molecule has 0 saturated heterocycles. The summed E-state index contributed by atoms with van der Waals surface area (Å²) in [5, 5.41) is 5.01. The Morgan fingerprint density at radius 1 is 0.683 bits per heavy atom. The lowest BCUT2D eigenvalue weighted by Crippen LogP contribution is -1.98. The normalized spacial score (nSPS) is 15.0. The second kappa shape index (κ2) is 9.72. The molecule has 7 aromatic rings. The zero-order valence-corrected chi connectivity index (χ0v) is 22.4. The Bertz CT molecular complexity index is 2120. The summed E-state index contributed by atoms with van der Waals surface area (Å²) in [4.78, 5) is 9.07. The fourth-order valence-electron chi connectivity index (χ4n) is 5.99. The number of aromatic nitrogens is 2. The third-order valence-electron chi connectivity index (χ3n) is 8.15. The van der Waals surface area contributed by atoms with Gasteiger partial charge in [-0.3, -0.25) is 4.98 Å². The van der Waals surface area contributed by atoms with Crippen molar-refractivity contribution in [3.8, 4) is 22.3 Å². The number of nitrogens with zero attached hydrogens (tertiary/aromatic N) is 2. The number of benzene rings is 5. The predicted molar refractivity (Wildman–Crippen MR) is 169 cm³/mol. The molecule has 0 amide bonds. The maximum atomic E-state index is 6.34. The Balaban J connectivity index is 1.08. The van der Waals surface area contributed by atoms with Crippen LogP contribution in [0.2, 0.25) is 0 Å². The molecule has 1 aliphatic carbocycles. The molecule has 0 N–H and O–H groups in total. The van der Waals surface area contributed by atoms with Crippen molar-refractivity contribution >= 4 is 38.2 Å². The van der Waals surface area contributed by atoms with Crippen molar-refractivity contribution in [2.24, 2.45) is 0 Å². The van der Waals surface area contributed by atoms with Crippen LogP contribution in [0.3, 0.4) is 0 Å². The number of fused-ring (bicyclic) bond motifs is 4. The lowest BCUT2D eigenvalue weighted by molar-refractivity contribution is 0.584. The van der Waals surface area contributed by atoms with Crippen molar-refractivity contribution < 1.29 is 4.42 Å². The Hall–Kier alpha value is -5.28. The molecule has 194 valence electrons. The van der Waals surface area contributed by atoms with Gasteiger partial charge < -0.3 is 4.42 Å². The summed E-state index contributed by atoms with van der Waals surface area (Å²) < 4.78 is 6.34. The Kier molecular flexibility index (Phi) is 5.60. The van der Waals surface area contributed by atoms with E-state index in [2.05, 4.69) is 126 Å². The van der Waals surface area contributed by atoms with E-state index >= 15 is 0 Å². The van der Waals surface area contributed by atoms with E-state index < -0.39 is 0 Å². The van der Waals surface area contributed by atoms with Gasteiger partial charge in [-0.05, 0) is 80.0 Å². The van der Waals surface area contributed by atoms with Gasteiger partial charge in [0.1, 0.15) is 5.52 Å². The Morgan fingerprint density at radius 2 is 1.49 bits per heavy atom. The van der Waals surface area contributed by atoms with Crippen LogP contribution in [0.4, 0.5) is 0 Å². The van der Waals surface area contributed by atoms with Gasteiger partial charge in [0.25, 0.3) is 0 Å². The van der Waals surface area contributed by atoms with E-state index in [9.17, 15) is 0 Å². The van der Waals surface area contributed by atoms with E-state index in [-0.39, 0.29) is 0 Å². The summed E-state index contributed by atoms with van der Waals surface area (Å²) in [7, 11) is 0. The van der Waals surface area contributed by atoms with Crippen LogP contribution in [0.1, 0.15) is 23.8 Å². The second-order valence-corrected chi connectivity index (χ2v) is 10.6. The Morgan fingerprint density at radius 3 is 2.29 bits per heavy atom. The molecule has 8 rings (SSSR count). The van der Waals surface area contributed by atoms with Gasteiger partial charge in [0.15, 0.2) is 5.58 Å². The standard InChI is InChI=1S/C38H26N2O/c1-2-8-32-29(6-1)22-35(34-10-4-3-9-33(32)34)30-19-20-36-37(23-30)41-38(40-36)28-17-15-26(16-18-28)25-11-13-27(14-12-25)31-7-5-21-39-24-31/h1-15,17-24,26H,16H2. The fraction of sp³-hybridized carbons (Fsp3) is 0.0526. The van der Waals surface area contributed by atoms with Crippen molar-refractivity contribution in [1.82, 2.24) is 9.97 Å². The molecule has 0 aliphatic heterocycles. The lowest BCUT2D eigenvalue weighted by atomic mass is 9.89. The highest BCUT2D eigenvalue weighted by atomic mass is 16.3. The van der Waals surface area contributed by atoms with Crippen LogP contribution in [0.15, 0.2) is 144 Å². The quantitative estimate of drug-likeness (QED) is 0.214. The molecule has 3 heteroatoms. The average molecular weight is 527 g/mol. The first-order chi connectivity index (χ1) is 20.3. The molecule has 2 heterocycles. The average Bonchev–Trinajstić information content (AvgIpc) is 3.49. The van der Waals surface area contributed by atoms with E-state index in [1.54, 1.807) is 6.20 Å². The monoisotopic (exact) mass is 526 g/mol. The molecular formula is C38H26N2O. The SMILES string of the molecule is C1=CC(c2ccc(-c3cccnc3)cc2)CC=C1c1nc2ccc(-c3cc4ccccc4c4ccccc34)cc2o1.